The second kappa shape index (κ2) is 9.69. The van der Waals surface area contributed by atoms with E-state index in [9.17, 15) is 14.4 Å². The number of anilines is 1. The molecule has 1 heterocycles. The molecule has 3 amide bonds. The molecule has 1 unspecified atom stereocenters. The van der Waals surface area contributed by atoms with Crippen molar-refractivity contribution in [1.82, 2.24) is 10.2 Å². The first-order valence-electron chi connectivity index (χ1n) is 11.0. The number of amides is 3. The van der Waals surface area contributed by atoms with E-state index in [2.05, 4.69) is 10.6 Å². The number of carbonyl (C=O) groups excluding carboxylic acids is 3. The molecule has 0 aromatic heterocycles. The van der Waals surface area contributed by atoms with Gasteiger partial charge in [-0.15, -0.1) is 0 Å². The van der Waals surface area contributed by atoms with Crippen molar-refractivity contribution in [2.75, 3.05) is 18.4 Å². The summed E-state index contributed by atoms with van der Waals surface area (Å²) >= 11 is 0. The van der Waals surface area contributed by atoms with Crippen LogP contribution in [0.1, 0.15) is 28.2 Å². The predicted molar refractivity (Wildman–Crippen MR) is 128 cm³/mol. The molecule has 3 aromatic carbocycles. The van der Waals surface area contributed by atoms with Gasteiger partial charge in [-0.25, -0.2) is 0 Å². The third-order valence-electron chi connectivity index (χ3n) is 5.99. The van der Waals surface area contributed by atoms with Crippen molar-refractivity contribution >= 4 is 23.4 Å². The number of hydrogen-bond acceptors (Lipinski definition) is 3. The summed E-state index contributed by atoms with van der Waals surface area (Å²) in [5, 5.41) is 5.63. The van der Waals surface area contributed by atoms with Gasteiger partial charge in [0.1, 0.15) is 0 Å². The van der Waals surface area contributed by atoms with Crippen LogP contribution in [0.15, 0.2) is 78.9 Å². The van der Waals surface area contributed by atoms with E-state index in [-0.39, 0.29) is 12.5 Å². The molecule has 1 fully saturated rings. The monoisotopic (exact) mass is 441 g/mol. The zero-order valence-corrected chi connectivity index (χ0v) is 18.7. The molecule has 0 bridgehead atoms. The molecule has 6 nitrogen and oxygen atoms in total. The van der Waals surface area contributed by atoms with E-state index >= 15 is 0 Å². The Morgan fingerprint density at radius 3 is 1.97 bits per heavy atom. The smallest absolute Gasteiger partial charge is 0.257 e. The van der Waals surface area contributed by atoms with Crippen molar-refractivity contribution in [2.45, 2.75) is 25.8 Å². The zero-order valence-electron chi connectivity index (χ0n) is 18.7. The fourth-order valence-corrected chi connectivity index (χ4v) is 4.30. The summed E-state index contributed by atoms with van der Waals surface area (Å²) in [6.45, 7) is 4.35. The van der Waals surface area contributed by atoms with Gasteiger partial charge in [-0.2, -0.15) is 0 Å². The molecule has 1 aliphatic rings. The molecular weight excluding hydrogens is 414 g/mol. The van der Waals surface area contributed by atoms with E-state index in [4.69, 9.17) is 0 Å². The second-order valence-corrected chi connectivity index (χ2v) is 8.24. The van der Waals surface area contributed by atoms with Crippen LogP contribution in [-0.4, -0.2) is 41.8 Å². The molecule has 4 rings (SSSR count). The van der Waals surface area contributed by atoms with Gasteiger partial charge < -0.3 is 15.5 Å². The highest BCUT2D eigenvalue weighted by Gasteiger charge is 2.41. The summed E-state index contributed by atoms with van der Waals surface area (Å²) in [6.07, 6.45) is 0. The van der Waals surface area contributed by atoms with Crippen LogP contribution in [0.2, 0.25) is 0 Å². The van der Waals surface area contributed by atoms with Crippen LogP contribution in [-0.2, 0) is 14.4 Å². The van der Waals surface area contributed by atoms with Crippen molar-refractivity contribution < 1.29 is 14.4 Å². The van der Waals surface area contributed by atoms with Gasteiger partial charge in [0.15, 0.2) is 6.04 Å². The summed E-state index contributed by atoms with van der Waals surface area (Å²) in [5.74, 6) is -1.88. The molecule has 33 heavy (non-hydrogen) atoms. The van der Waals surface area contributed by atoms with E-state index in [0.29, 0.717) is 12.2 Å². The van der Waals surface area contributed by atoms with Crippen LogP contribution in [0.3, 0.4) is 0 Å². The standard InChI is InChI=1S/C27H27N3O3/c1-18-10-9-11-19(2)23(18)29-26(32)24-25(31)28-16-17-30(24)27(33)22(20-12-5-3-6-13-20)21-14-7-4-8-15-21/h3-15,22,24H,16-17H2,1-2H3,(H,28,31)(H,29,32). The Hall–Kier alpha value is -3.93. The number of nitrogens with one attached hydrogen (secondary N) is 2. The summed E-state index contributed by atoms with van der Waals surface area (Å²) in [7, 11) is 0. The van der Waals surface area contributed by atoms with E-state index in [0.717, 1.165) is 22.3 Å². The molecule has 0 saturated carbocycles. The molecule has 6 heteroatoms. The van der Waals surface area contributed by atoms with Crippen molar-refractivity contribution in [3.8, 4) is 0 Å². The quantitative estimate of drug-likeness (QED) is 0.596. The Labute approximate surface area is 193 Å². The fourth-order valence-electron chi connectivity index (χ4n) is 4.30. The Balaban J connectivity index is 1.69. The second-order valence-electron chi connectivity index (χ2n) is 8.24. The van der Waals surface area contributed by atoms with Crippen LogP contribution >= 0.6 is 0 Å². The Bertz CT molecular complexity index is 1100. The highest BCUT2D eigenvalue weighted by molar-refractivity contribution is 6.13. The minimum absolute atomic E-state index is 0.256. The van der Waals surface area contributed by atoms with Crippen LogP contribution < -0.4 is 10.6 Å². The van der Waals surface area contributed by atoms with E-state index in [1.54, 1.807) is 0 Å². The fraction of sp³-hybridized carbons (Fsp3) is 0.222. The maximum absolute atomic E-state index is 13.9. The van der Waals surface area contributed by atoms with Gasteiger partial charge in [-0.1, -0.05) is 78.9 Å². The third-order valence-corrected chi connectivity index (χ3v) is 5.99. The largest absolute Gasteiger partial charge is 0.352 e. The number of carbonyl (C=O) groups is 3. The maximum Gasteiger partial charge on any atom is 0.257 e. The van der Waals surface area contributed by atoms with Gasteiger partial charge in [0, 0.05) is 18.8 Å². The SMILES string of the molecule is Cc1cccc(C)c1NC(=O)C1C(=O)NCCN1C(=O)C(c1ccccc1)c1ccccc1. The van der Waals surface area contributed by atoms with Gasteiger partial charge in [0.25, 0.3) is 11.8 Å². The number of rotatable bonds is 5. The lowest BCUT2D eigenvalue weighted by atomic mass is 9.89. The number of hydrogen-bond donors (Lipinski definition) is 2. The van der Waals surface area contributed by atoms with Gasteiger partial charge in [-0.05, 0) is 36.1 Å². The number of benzene rings is 3. The van der Waals surface area contributed by atoms with Gasteiger partial charge in [0.2, 0.25) is 5.91 Å². The lowest BCUT2D eigenvalue weighted by Crippen LogP contribution is -2.62. The molecule has 0 aliphatic carbocycles. The van der Waals surface area contributed by atoms with Crippen molar-refractivity contribution in [2.24, 2.45) is 0 Å². The lowest BCUT2D eigenvalue weighted by molar-refractivity contribution is -0.148. The van der Waals surface area contributed by atoms with Crippen LogP contribution in [0.25, 0.3) is 0 Å². The van der Waals surface area contributed by atoms with E-state index < -0.39 is 23.8 Å². The minimum atomic E-state index is -1.25. The van der Waals surface area contributed by atoms with Crippen LogP contribution in [0, 0.1) is 13.8 Å². The molecular formula is C27H27N3O3. The molecule has 1 aliphatic heterocycles. The van der Waals surface area contributed by atoms with Gasteiger partial charge in [0.05, 0.1) is 5.92 Å². The highest BCUT2D eigenvalue weighted by Crippen LogP contribution is 2.29. The summed E-state index contributed by atoms with van der Waals surface area (Å²) < 4.78 is 0. The normalized spacial score (nSPS) is 15.8. The Morgan fingerprint density at radius 1 is 0.879 bits per heavy atom. The zero-order chi connectivity index (χ0) is 23.4. The highest BCUT2D eigenvalue weighted by atomic mass is 16.2. The first kappa shape index (κ1) is 22.3. The topological polar surface area (TPSA) is 78.5 Å². The van der Waals surface area contributed by atoms with Crippen molar-refractivity contribution in [3.05, 3.63) is 101 Å². The molecule has 3 aromatic rings. The number of para-hydroxylation sites is 1. The van der Waals surface area contributed by atoms with Gasteiger partial charge >= 0.3 is 0 Å². The number of piperazine rings is 1. The Morgan fingerprint density at radius 2 is 1.42 bits per heavy atom. The Kier molecular flexibility index (Phi) is 6.54. The maximum atomic E-state index is 13.9. The van der Waals surface area contributed by atoms with Crippen LogP contribution in [0.5, 0.6) is 0 Å². The average Bonchev–Trinajstić information content (AvgIpc) is 2.83. The van der Waals surface area contributed by atoms with Gasteiger partial charge in [-0.3, -0.25) is 14.4 Å². The molecule has 0 spiro atoms. The summed E-state index contributed by atoms with van der Waals surface area (Å²) in [4.78, 5) is 41.5. The average molecular weight is 442 g/mol. The number of nitrogens with zero attached hydrogens (tertiary/aromatic N) is 1. The third kappa shape index (κ3) is 4.65. The molecule has 1 atom stereocenters. The van der Waals surface area contributed by atoms with E-state index in [1.807, 2.05) is 92.7 Å². The molecule has 2 N–H and O–H groups in total. The molecule has 1 saturated heterocycles. The van der Waals surface area contributed by atoms with Crippen molar-refractivity contribution in [1.29, 1.82) is 0 Å². The van der Waals surface area contributed by atoms with Crippen molar-refractivity contribution in [3.63, 3.8) is 0 Å². The molecule has 168 valence electrons. The number of aryl methyl sites for hydroxylation is 2. The summed E-state index contributed by atoms with van der Waals surface area (Å²) in [6, 6.07) is 23.3. The summed E-state index contributed by atoms with van der Waals surface area (Å²) in [5.41, 5.74) is 4.07. The minimum Gasteiger partial charge on any atom is -0.352 e. The first-order chi connectivity index (χ1) is 16.0. The first-order valence-corrected chi connectivity index (χ1v) is 11.0. The predicted octanol–water partition coefficient (Wildman–Crippen LogP) is 3.40. The van der Waals surface area contributed by atoms with Crippen LogP contribution in [0.4, 0.5) is 5.69 Å². The lowest BCUT2D eigenvalue weighted by Gasteiger charge is -2.36. The van der Waals surface area contributed by atoms with E-state index in [1.165, 1.54) is 4.90 Å². The molecule has 0 radical (unpaired) electrons.